The fourth-order valence-electron chi connectivity index (χ4n) is 4.61. The van der Waals surface area contributed by atoms with Crippen LogP contribution >= 0.6 is 11.3 Å². The summed E-state index contributed by atoms with van der Waals surface area (Å²) in [7, 11) is 0. The minimum atomic E-state index is -0.626. The maximum absolute atomic E-state index is 12.0. The van der Waals surface area contributed by atoms with Crippen molar-refractivity contribution >= 4 is 17.3 Å². The van der Waals surface area contributed by atoms with Crippen molar-refractivity contribution in [1.29, 1.82) is 0 Å². The van der Waals surface area contributed by atoms with Crippen LogP contribution in [-0.2, 0) is 17.9 Å². The molecule has 140 valence electrons. The minimum Gasteiger partial charge on any atom is -0.481 e. The van der Waals surface area contributed by atoms with Gasteiger partial charge in [0.2, 0.25) is 0 Å². The predicted octanol–water partition coefficient (Wildman–Crippen LogP) is 3.45. The molecule has 26 heavy (non-hydrogen) atoms. The Balaban J connectivity index is 1.42. The fourth-order valence-corrected chi connectivity index (χ4v) is 5.55. The van der Waals surface area contributed by atoms with Gasteiger partial charge < -0.3 is 9.52 Å². The first-order chi connectivity index (χ1) is 12.6. The van der Waals surface area contributed by atoms with Gasteiger partial charge >= 0.3 is 5.97 Å². The Morgan fingerprint density at radius 3 is 2.73 bits per heavy atom. The molecule has 6 heteroatoms. The third-order valence-electron chi connectivity index (χ3n) is 6.19. The first-order valence-corrected chi connectivity index (χ1v) is 10.2. The Hall–Kier alpha value is -1.63. The average molecular weight is 375 g/mol. The minimum absolute atomic E-state index is 0.0795. The molecule has 0 aliphatic carbocycles. The lowest BCUT2D eigenvalue weighted by atomic mass is 9.71. The van der Waals surface area contributed by atoms with Crippen LogP contribution in [0.2, 0.25) is 0 Å². The number of aliphatic carboxylic acids is 1. The summed E-state index contributed by atoms with van der Waals surface area (Å²) < 4.78 is 5.16. The standard InChI is InChI=1S/C20H26N2O3S/c1-15-3-9-26-18(15)12-22-11-17(19(23)24)20(14-22)4-6-21(7-5-20)10-16-2-8-25-13-16/h2-3,8-9,13,17H,4-7,10-12,14H2,1H3,(H,23,24). The molecule has 0 aromatic carbocycles. The molecular weight excluding hydrogens is 348 g/mol. The molecule has 2 aromatic heterocycles. The van der Waals surface area contributed by atoms with Crippen LogP contribution in [0.4, 0.5) is 0 Å². The molecule has 0 radical (unpaired) electrons. The van der Waals surface area contributed by atoms with Crippen LogP contribution < -0.4 is 0 Å². The Morgan fingerprint density at radius 2 is 2.12 bits per heavy atom. The van der Waals surface area contributed by atoms with Gasteiger partial charge in [-0.1, -0.05) is 0 Å². The van der Waals surface area contributed by atoms with Crippen molar-refractivity contribution in [3.05, 3.63) is 46.0 Å². The number of likely N-dealkylation sites (tertiary alicyclic amines) is 2. The second-order valence-corrected chi connectivity index (χ2v) is 8.86. The molecule has 0 bridgehead atoms. The zero-order valence-electron chi connectivity index (χ0n) is 15.2. The molecule has 2 saturated heterocycles. The van der Waals surface area contributed by atoms with Gasteiger partial charge in [-0.2, -0.15) is 0 Å². The normalized spacial score (nSPS) is 23.7. The predicted molar refractivity (Wildman–Crippen MR) is 101 cm³/mol. The summed E-state index contributed by atoms with van der Waals surface area (Å²) >= 11 is 1.78. The van der Waals surface area contributed by atoms with Gasteiger partial charge in [-0.05, 0) is 55.9 Å². The Morgan fingerprint density at radius 1 is 1.31 bits per heavy atom. The van der Waals surface area contributed by atoms with Crippen LogP contribution in [0.15, 0.2) is 34.5 Å². The van der Waals surface area contributed by atoms with Crippen LogP contribution in [0.1, 0.15) is 28.8 Å². The zero-order chi connectivity index (χ0) is 18.1. The summed E-state index contributed by atoms with van der Waals surface area (Å²) in [5.74, 6) is -0.877. The maximum Gasteiger partial charge on any atom is 0.308 e. The van der Waals surface area contributed by atoms with Crippen molar-refractivity contribution in [2.45, 2.75) is 32.9 Å². The molecule has 2 aliphatic heterocycles. The molecule has 2 fully saturated rings. The number of carboxylic acids is 1. The van der Waals surface area contributed by atoms with Crippen molar-refractivity contribution in [2.75, 3.05) is 26.2 Å². The number of hydrogen-bond donors (Lipinski definition) is 1. The highest BCUT2D eigenvalue weighted by molar-refractivity contribution is 7.10. The highest BCUT2D eigenvalue weighted by atomic mass is 32.1. The molecule has 0 saturated carbocycles. The van der Waals surface area contributed by atoms with Gasteiger partial charge in [0.15, 0.2) is 0 Å². The topological polar surface area (TPSA) is 56.9 Å². The van der Waals surface area contributed by atoms with E-state index in [2.05, 4.69) is 28.2 Å². The number of hydrogen-bond acceptors (Lipinski definition) is 5. The smallest absolute Gasteiger partial charge is 0.308 e. The summed E-state index contributed by atoms with van der Waals surface area (Å²) in [6.07, 6.45) is 5.43. The average Bonchev–Trinajstić information content (AvgIpc) is 3.33. The van der Waals surface area contributed by atoms with E-state index in [0.29, 0.717) is 6.54 Å². The molecule has 1 atom stereocenters. The van der Waals surface area contributed by atoms with E-state index in [9.17, 15) is 9.90 Å². The van der Waals surface area contributed by atoms with E-state index < -0.39 is 5.97 Å². The number of furan rings is 1. The summed E-state index contributed by atoms with van der Waals surface area (Å²) in [4.78, 5) is 18.1. The second kappa shape index (κ2) is 7.18. The van der Waals surface area contributed by atoms with Gasteiger partial charge in [0, 0.05) is 42.0 Å². The molecule has 4 heterocycles. The summed E-state index contributed by atoms with van der Waals surface area (Å²) in [5.41, 5.74) is 2.43. The summed E-state index contributed by atoms with van der Waals surface area (Å²) in [6.45, 7) is 7.41. The van der Waals surface area contributed by atoms with Crippen LogP contribution in [0.5, 0.6) is 0 Å². The number of carboxylic acid groups (broad SMARTS) is 1. The lowest BCUT2D eigenvalue weighted by molar-refractivity contribution is -0.146. The van der Waals surface area contributed by atoms with Crippen LogP contribution in [0.25, 0.3) is 0 Å². The van der Waals surface area contributed by atoms with Gasteiger partial charge in [-0.25, -0.2) is 0 Å². The Kier molecular flexibility index (Phi) is 4.90. The van der Waals surface area contributed by atoms with Gasteiger partial charge in [0.1, 0.15) is 0 Å². The van der Waals surface area contributed by atoms with Gasteiger partial charge in [0.05, 0.1) is 18.4 Å². The lowest BCUT2D eigenvalue weighted by Crippen LogP contribution is -2.45. The molecular formula is C20H26N2O3S. The maximum atomic E-state index is 12.0. The van der Waals surface area contributed by atoms with Gasteiger partial charge in [0.25, 0.3) is 0 Å². The largest absolute Gasteiger partial charge is 0.481 e. The van der Waals surface area contributed by atoms with Crippen molar-refractivity contribution in [1.82, 2.24) is 9.80 Å². The first-order valence-electron chi connectivity index (χ1n) is 9.27. The van der Waals surface area contributed by atoms with Crippen LogP contribution in [0, 0.1) is 18.3 Å². The van der Waals surface area contributed by atoms with E-state index in [-0.39, 0.29) is 11.3 Å². The van der Waals surface area contributed by atoms with Crippen LogP contribution in [-0.4, -0.2) is 47.1 Å². The number of piperidine rings is 1. The quantitative estimate of drug-likeness (QED) is 0.869. The molecule has 2 aromatic rings. The zero-order valence-corrected chi connectivity index (χ0v) is 16.0. The van der Waals surface area contributed by atoms with Gasteiger partial charge in [-0.15, -0.1) is 11.3 Å². The summed E-state index contributed by atoms with van der Waals surface area (Å²) in [6, 6.07) is 4.15. The van der Waals surface area contributed by atoms with Crippen molar-refractivity contribution in [3.63, 3.8) is 0 Å². The lowest BCUT2D eigenvalue weighted by Gasteiger charge is -2.41. The first kappa shape index (κ1) is 17.8. The molecule has 5 nitrogen and oxygen atoms in total. The van der Waals surface area contributed by atoms with Crippen molar-refractivity contribution in [3.8, 4) is 0 Å². The van der Waals surface area contributed by atoms with Gasteiger partial charge in [-0.3, -0.25) is 14.6 Å². The number of aryl methyl sites for hydroxylation is 1. The van der Waals surface area contributed by atoms with E-state index >= 15 is 0 Å². The molecule has 1 N–H and O–H groups in total. The molecule has 0 amide bonds. The monoisotopic (exact) mass is 374 g/mol. The highest BCUT2D eigenvalue weighted by Crippen LogP contribution is 2.45. The van der Waals surface area contributed by atoms with E-state index in [0.717, 1.165) is 45.6 Å². The third kappa shape index (κ3) is 3.46. The van der Waals surface area contributed by atoms with Crippen molar-refractivity contribution in [2.24, 2.45) is 11.3 Å². The van der Waals surface area contributed by atoms with Crippen LogP contribution in [0.3, 0.4) is 0 Å². The molecule has 1 spiro atoms. The van der Waals surface area contributed by atoms with E-state index in [1.54, 1.807) is 23.9 Å². The molecule has 4 rings (SSSR count). The fraction of sp³-hybridized carbons (Fsp3) is 0.550. The number of rotatable bonds is 5. The Bertz CT molecular complexity index is 747. The van der Waals surface area contributed by atoms with E-state index in [1.165, 1.54) is 16.0 Å². The van der Waals surface area contributed by atoms with Crippen molar-refractivity contribution < 1.29 is 14.3 Å². The number of thiophene rings is 1. The van der Waals surface area contributed by atoms with E-state index in [1.807, 2.05) is 6.07 Å². The Labute approximate surface area is 158 Å². The SMILES string of the molecule is Cc1ccsc1CN1CC(C(=O)O)C2(CCN(Cc3ccoc3)CC2)C1. The highest BCUT2D eigenvalue weighted by Gasteiger charge is 2.51. The van der Waals surface area contributed by atoms with E-state index in [4.69, 9.17) is 4.42 Å². The number of nitrogens with zero attached hydrogens (tertiary/aromatic N) is 2. The summed E-state index contributed by atoms with van der Waals surface area (Å²) in [5, 5.41) is 12.0. The molecule has 1 unspecified atom stereocenters. The third-order valence-corrected chi connectivity index (χ3v) is 7.20. The second-order valence-electron chi connectivity index (χ2n) is 7.86. The number of carbonyl (C=O) groups is 1. The molecule has 2 aliphatic rings.